The fourth-order valence-corrected chi connectivity index (χ4v) is 3.86. The molecule has 0 radical (unpaired) electrons. The van der Waals surface area contributed by atoms with E-state index < -0.39 is 0 Å². The lowest BCUT2D eigenvalue weighted by molar-refractivity contribution is -0.104. The number of likely N-dealkylation sites (tertiary alicyclic amines) is 2. The average molecular weight is 354 g/mol. The van der Waals surface area contributed by atoms with Gasteiger partial charge in [0, 0.05) is 30.3 Å². The van der Waals surface area contributed by atoms with Gasteiger partial charge in [0.15, 0.2) is 0 Å². The topological polar surface area (TPSA) is 79.0 Å². The fourth-order valence-electron chi connectivity index (χ4n) is 3.86. The van der Waals surface area contributed by atoms with E-state index in [1.54, 1.807) is 12.1 Å². The highest BCUT2D eigenvalue weighted by molar-refractivity contribution is 6.13. The fraction of sp³-hybridized carbons (Fsp3) is 0.450. The van der Waals surface area contributed by atoms with Crippen LogP contribution in [0.2, 0.25) is 0 Å². The second-order valence-corrected chi connectivity index (χ2v) is 6.90. The number of piperidine rings is 1. The van der Waals surface area contributed by atoms with Gasteiger partial charge in [0.05, 0.1) is 6.21 Å². The molecule has 0 aromatic heterocycles. The molecule has 1 aromatic carbocycles. The van der Waals surface area contributed by atoms with Gasteiger partial charge in [-0.2, -0.15) is 5.10 Å². The molecule has 2 heterocycles. The predicted octanol–water partition coefficient (Wildman–Crippen LogP) is 1.91. The van der Waals surface area contributed by atoms with Gasteiger partial charge in [0.2, 0.25) is 0 Å². The van der Waals surface area contributed by atoms with Crippen molar-refractivity contribution in [1.82, 2.24) is 9.80 Å². The van der Waals surface area contributed by atoms with Crippen molar-refractivity contribution in [1.29, 1.82) is 0 Å². The maximum Gasteiger partial charge on any atom is 0.253 e. The Hall–Kier alpha value is -2.47. The molecule has 1 unspecified atom stereocenters. The summed E-state index contributed by atoms with van der Waals surface area (Å²) in [5.41, 5.74) is 2.09. The molecular weight excluding hydrogens is 328 g/mol. The van der Waals surface area contributed by atoms with Crippen LogP contribution in [0.25, 0.3) is 5.57 Å². The molecule has 0 spiro atoms. The number of rotatable bonds is 5. The van der Waals surface area contributed by atoms with E-state index in [1.807, 2.05) is 17.0 Å². The number of carbonyl (C=O) groups excluding carboxylic acids is 2. The Labute approximate surface area is 154 Å². The molecule has 6 nitrogen and oxygen atoms in total. The Kier molecular flexibility index (Phi) is 6.17. The second-order valence-electron chi connectivity index (χ2n) is 6.90. The van der Waals surface area contributed by atoms with Crippen LogP contribution in [0.1, 0.15) is 41.6 Å². The van der Waals surface area contributed by atoms with Crippen LogP contribution in [0.5, 0.6) is 0 Å². The minimum atomic E-state index is 0.0736. The summed E-state index contributed by atoms with van der Waals surface area (Å²) in [5, 5.41) is 3.47. The third-order valence-corrected chi connectivity index (χ3v) is 5.28. The number of amides is 1. The molecule has 2 saturated heterocycles. The van der Waals surface area contributed by atoms with E-state index in [2.05, 4.69) is 10.0 Å². The molecule has 1 amide bonds. The van der Waals surface area contributed by atoms with Crippen molar-refractivity contribution in [3.8, 4) is 0 Å². The molecule has 26 heavy (non-hydrogen) atoms. The zero-order valence-electron chi connectivity index (χ0n) is 15.0. The molecule has 2 fully saturated rings. The Bertz CT molecular complexity index is 690. The molecule has 0 aliphatic carbocycles. The molecule has 0 saturated carbocycles. The summed E-state index contributed by atoms with van der Waals surface area (Å²) in [6, 6.07) is 7.75. The van der Waals surface area contributed by atoms with Crippen LogP contribution in [0, 0.1) is 0 Å². The summed E-state index contributed by atoms with van der Waals surface area (Å²) in [6.45, 7) is 3.96. The van der Waals surface area contributed by atoms with Gasteiger partial charge in [-0.3, -0.25) is 14.5 Å². The smallest absolute Gasteiger partial charge is 0.253 e. The van der Waals surface area contributed by atoms with E-state index in [4.69, 9.17) is 5.84 Å². The number of hydrogen-bond acceptors (Lipinski definition) is 5. The first-order valence-electron chi connectivity index (χ1n) is 9.25. The number of nitrogens with two attached hydrogens (primary N) is 1. The van der Waals surface area contributed by atoms with Crippen LogP contribution >= 0.6 is 0 Å². The first-order chi connectivity index (χ1) is 12.7. The van der Waals surface area contributed by atoms with Crippen LogP contribution in [0.3, 0.4) is 0 Å². The number of aldehydes is 1. The van der Waals surface area contributed by atoms with E-state index in [0.29, 0.717) is 23.5 Å². The summed E-state index contributed by atoms with van der Waals surface area (Å²) in [5.74, 6) is 5.25. The van der Waals surface area contributed by atoms with Gasteiger partial charge in [-0.05, 0) is 56.1 Å². The summed E-state index contributed by atoms with van der Waals surface area (Å²) < 4.78 is 0. The number of carbonyl (C=O) groups is 2. The van der Waals surface area contributed by atoms with Crippen molar-refractivity contribution in [3.63, 3.8) is 0 Å². The first-order valence-corrected chi connectivity index (χ1v) is 9.25. The average Bonchev–Trinajstić information content (AvgIpc) is 3.18. The second kappa shape index (κ2) is 8.76. The summed E-state index contributed by atoms with van der Waals surface area (Å²) in [7, 11) is 0. The van der Waals surface area contributed by atoms with Crippen LogP contribution in [-0.2, 0) is 4.79 Å². The maximum atomic E-state index is 12.8. The lowest BCUT2D eigenvalue weighted by Crippen LogP contribution is -2.41. The van der Waals surface area contributed by atoms with Crippen molar-refractivity contribution in [2.45, 2.75) is 31.7 Å². The van der Waals surface area contributed by atoms with Gasteiger partial charge in [-0.25, -0.2) is 0 Å². The van der Waals surface area contributed by atoms with Crippen LogP contribution < -0.4 is 5.84 Å². The molecule has 3 rings (SSSR count). The van der Waals surface area contributed by atoms with Gasteiger partial charge >= 0.3 is 0 Å². The molecule has 1 atom stereocenters. The normalized spacial score (nSPS) is 22.1. The van der Waals surface area contributed by atoms with Gasteiger partial charge in [0.1, 0.15) is 6.29 Å². The Morgan fingerprint density at radius 2 is 1.77 bits per heavy atom. The molecule has 2 aliphatic rings. The highest BCUT2D eigenvalue weighted by atomic mass is 16.2. The van der Waals surface area contributed by atoms with Crippen LogP contribution in [0.15, 0.2) is 35.4 Å². The molecular formula is C20H26N4O2. The summed E-state index contributed by atoms with van der Waals surface area (Å²) in [6.07, 6.45) is 8.45. The first kappa shape index (κ1) is 18.3. The number of nitrogens with zero attached hydrogens (tertiary/aromatic N) is 3. The highest BCUT2D eigenvalue weighted by Gasteiger charge is 2.31. The number of hydrogen-bond donors (Lipinski definition) is 1. The largest absolute Gasteiger partial charge is 0.337 e. The molecule has 2 aliphatic heterocycles. The van der Waals surface area contributed by atoms with E-state index >= 15 is 0 Å². The zero-order valence-corrected chi connectivity index (χ0v) is 15.0. The molecule has 2 N–H and O–H groups in total. The Morgan fingerprint density at radius 1 is 1.08 bits per heavy atom. The minimum Gasteiger partial charge on any atom is -0.337 e. The van der Waals surface area contributed by atoms with Gasteiger partial charge in [0.25, 0.3) is 5.91 Å². The zero-order chi connectivity index (χ0) is 18.4. The Balaban J connectivity index is 1.65. The van der Waals surface area contributed by atoms with E-state index in [1.165, 1.54) is 31.6 Å². The summed E-state index contributed by atoms with van der Waals surface area (Å²) in [4.78, 5) is 28.0. The van der Waals surface area contributed by atoms with Crippen molar-refractivity contribution in [2.24, 2.45) is 10.9 Å². The molecule has 138 valence electrons. The lowest BCUT2D eigenvalue weighted by atomic mass is 10.0. The van der Waals surface area contributed by atoms with Crippen LogP contribution in [0.4, 0.5) is 0 Å². The maximum absolute atomic E-state index is 12.8. The van der Waals surface area contributed by atoms with Crippen molar-refractivity contribution in [3.05, 3.63) is 41.5 Å². The third-order valence-electron chi connectivity index (χ3n) is 5.28. The Morgan fingerprint density at radius 3 is 2.42 bits per heavy atom. The lowest BCUT2D eigenvalue weighted by Gasteiger charge is -2.32. The molecule has 0 bridgehead atoms. The quantitative estimate of drug-likeness (QED) is 0.288. The summed E-state index contributed by atoms with van der Waals surface area (Å²) >= 11 is 0. The monoisotopic (exact) mass is 354 g/mol. The van der Waals surface area contributed by atoms with Gasteiger partial charge in [-0.15, -0.1) is 0 Å². The SMILES string of the molecule is N/N=C\C(=C/C=O)c1ccc(C(=O)N2CCC(N3CCCCC3)C2)cc1. The highest BCUT2D eigenvalue weighted by Crippen LogP contribution is 2.22. The third kappa shape index (κ3) is 4.19. The van der Waals surface area contributed by atoms with E-state index in [9.17, 15) is 9.59 Å². The molecule has 1 aromatic rings. The van der Waals surface area contributed by atoms with Crippen LogP contribution in [-0.4, -0.2) is 60.4 Å². The van der Waals surface area contributed by atoms with Crippen molar-refractivity contribution >= 4 is 24.0 Å². The minimum absolute atomic E-state index is 0.0736. The van der Waals surface area contributed by atoms with Crippen molar-refractivity contribution < 1.29 is 9.59 Å². The van der Waals surface area contributed by atoms with Crippen molar-refractivity contribution in [2.75, 3.05) is 26.2 Å². The van der Waals surface area contributed by atoms with Gasteiger partial charge in [-0.1, -0.05) is 18.6 Å². The van der Waals surface area contributed by atoms with Gasteiger partial charge < -0.3 is 10.7 Å². The number of hydrazone groups is 1. The molecule has 6 heteroatoms. The standard InChI is InChI=1S/C20H26N4O2/c21-22-14-18(9-13-25)16-4-6-17(7-5-16)20(26)24-12-8-19(15-24)23-10-2-1-3-11-23/h4-7,9,13-14,19H,1-3,8,10-12,15,21H2/b18-9+,22-14-. The van der Waals surface area contributed by atoms with E-state index in [-0.39, 0.29) is 5.91 Å². The number of benzene rings is 1. The predicted molar refractivity (Wildman–Crippen MR) is 103 cm³/mol. The van der Waals surface area contributed by atoms with E-state index in [0.717, 1.165) is 38.2 Å². The number of allylic oxidation sites excluding steroid dienone is 2.